The zero-order valence-corrected chi connectivity index (χ0v) is 11.9. The van der Waals surface area contributed by atoms with Crippen LogP contribution >= 0.6 is 23.2 Å². The lowest BCUT2D eigenvalue weighted by Crippen LogP contribution is -1.98. The molecule has 2 N–H and O–H groups in total. The minimum atomic E-state index is -3.79. The average Bonchev–Trinajstić information content (AvgIpc) is 2.34. The summed E-state index contributed by atoms with van der Waals surface area (Å²) >= 11 is 11.6. The minimum Gasteiger partial charge on any atom is -0.573 e. The van der Waals surface area contributed by atoms with Crippen LogP contribution in [0.4, 0.5) is 11.4 Å². The number of hydrogen-bond donors (Lipinski definition) is 1. The lowest BCUT2D eigenvalue weighted by molar-refractivity contribution is 0.603. The molecule has 0 aliphatic rings. The van der Waals surface area contributed by atoms with E-state index in [0.717, 1.165) is 0 Å². The smallest absolute Gasteiger partial charge is 0.123 e. The molecule has 0 heterocycles. The Morgan fingerprint density at radius 3 is 2.16 bits per heavy atom. The Morgan fingerprint density at radius 2 is 1.58 bits per heavy atom. The molecule has 0 spiro atoms. The van der Waals surface area contributed by atoms with Gasteiger partial charge in [0.15, 0.2) is 0 Å². The van der Waals surface area contributed by atoms with Crippen LogP contribution in [0, 0.1) is 0 Å². The minimum absolute atomic E-state index is 0.0628. The molecule has 0 atom stereocenters. The molecule has 0 aliphatic heterocycles. The Balaban J connectivity index is 2.30. The number of hydrogen-bond acceptors (Lipinski definition) is 3. The third-order valence-corrected chi connectivity index (χ3v) is 4.36. The number of anilines is 1. The number of nitrogens with zero attached hydrogens (tertiary/aromatic N) is 1. The molecule has 0 amide bonds. The van der Waals surface area contributed by atoms with E-state index in [9.17, 15) is 8.42 Å². The number of sulfonamides is 1. The summed E-state index contributed by atoms with van der Waals surface area (Å²) in [7, 11) is -3.79. The van der Waals surface area contributed by atoms with Crippen LogP contribution in [0.1, 0.15) is 0 Å². The highest BCUT2D eigenvalue weighted by atomic mass is 35.5. The Labute approximate surface area is 121 Å². The third-order valence-electron chi connectivity index (χ3n) is 2.31. The van der Waals surface area contributed by atoms with Crippen LogP contribution in [0.15, 0.2) is 47.4 Å². The maximum absolute atomic E-state index is 12.0. The van der Waals surface area contributed by atoms with Crippen molar-refractivity contribution >= 4 is 44.6 Å². The molecule has 0 saturated carbocycles. The average molecular weight is 316 g/mol. The molecule has 100 valence electrons. The van der Waals surface area contributed by atoms with E-state index in [2.05, 4.69) is 4.72 Å². The summed E-state index contributed by atoms with van der Waals surface area (Å²) in [5.41, 5.74) is 6.20. The standard InChI is InChI=1S/C12H9Cl2N2O2S/c13-11-6-3-9(7-12(11)14)16-19(17,18)10-4-1-8(15)2-5-10/h1-7H,15H2/q-1. The van der Waals surface area contributed by atoms with Gasteiger partial charge in [0.2, 0.25) is 0 Å². The van der Waals surface area contributed by atoms with Crippen molar-refractivity contribution in [3.63, 3.8) is 0 Å². The van der Waals surface area contributed by atoms with Crippen molar-refractivity contribution in [1.82, 2.24) is 0 Å². The summed E-state index contributed by atoms with van der Waals surface area (Å²) in [6, 6.07) is 10.1. The van der Waals surface area contributed by atoms with Crippen molar-refractivity contribution in [2.45, 2.75) is 4.90 Å². The first-order valence-electron chi connectivity index (χ1n) is 5.17. The molecule has 4 nitrogen and oxygen atoms in total. The summed E-state index contributed by atoms with van der Waals surface area (Å²) in [6.45, 7) is 0. The van der Waals surface area contributed by atoms with Crippen molar-refractivity contribution in [3.8, 4) is 0 Å². The molecule has 0 bridgehead atoms. The fraction of sp³-hybridized carbons (Fsp3) is 0. The SMILES string of the molecule is Nc1ccc(S(=O)(=O)[N-]c2ccc(Cl)c(Cl)c2)cc1. The molecule has 19 heavy (non-hydrogen) atoms. The van der Waals surface area contributed by atoms with E-state index in [4.69, 9.17) is 28.9 Å². The van der Waals surface area contributed by atoms with Crippen molar-refractivity contribution in [3.05, 3.63) is 57.2 Å². The molecule has 0 fully saturated rings. The Hall–Kier alpha value is -1.43. The van der Waals surface area contributed by atoms with Gasteiger partial charge in [-0.15, -0.1) is 5.69 Å². The molecule has 0 radical (unpaired) electrons. The number of halogens is 2. The number of nitrogen functional groups attached to an aromatic ring is 1. The van der Waals surface area contributed by atoms with Gasteiger partial charge in [0.25, 0.3) is 0 Å². The molecule has 0 saturated heterocycles. The predicted octanol–water partition coefficient (Wildman–Crippen LogP) is 3.97. The summed E-state index contributed by atoms with van der Waals surface area (Å²) in [5, 5.41) is 0.584. The van der Waals surface area contributed by atoms with Crippen molar-refractivity contribution in [2.75, 3.05) is 5.73 Å². The van der Waals surface area contributed by atoms with Gasteiger partial charge >= 0.3 is 0 Å². The zero-order chi connectivity index (χ0) is 14.0. The number of benzene rings is 2. The van der Waals surface area contributed by atoms with E-state index < -0.39 is 10.0 Å². The summed E-state index contributed by atoms with van der Waals surface area (Å²) in [6.07, 6.45) is 0. The summed E-state index contributed by atoms with van der Waals surface area (Å²) in [4.78, 5) is 0.0628. The predicted molar refractivity (Wildman–Crippen MR) is 77.5 cm³/mol. The number of rotatable bonds is 3. The quantitative estimate of drug-likeness (QED) is 0.871. The second-order valence-corrected chi connectivity index (χ2v) is 6.15. The van der Waals surface area contributed by atoms with E-state index in [1.54, 1.807) is 0 Å². The second-order valence-electron chi connectivity index (χ2n) is 3.73. The highest BCUT2D eigenvalue weighted by Gasteiger charge is 2.05. The van der Waals surface area contributed by atoms with E-state index >= 15 is 0 Å². The van der Waals surface area contributed by atoms with Crippen LogP contribution in [0.5, 0.6) is 0 Å². The first-order chi connectivity index (χ1) is 8.88. The first-order valence-corrected chi connectivity index (χ1v) is 7.37. The van der Waals surface area contributed by atoms with Crippen LogP contribution < -0.4 is 5.73 Å². The van der Waals surface area contributed by atoms with Crippen molar-refractivity contribution < 1.29 is 8.42 Å². The van der Waals surface area contributed by atoms with Gasteiger partial charge in [0.1, 0.15) is 10.0 Å². The lowest BCUT2D eigenvalue weighted by atomic mass is 10.3. The second kappa shape index (κ2) is 5.28. The van der Waals surface area contributed by atoms with Crippen LogP contribution in [-0.4, -0.2) is 8.42 Å². The van der Waals surface area contributed by atoms with E-state index in [-0.39, 0.29) is 15.6 Å². The lowest BCUT2D eigenvalue weighted by Gasteiger charge is -2.22. The zero-order valence-electron chi connectivity index (χ0n) is 9.55. The highest BCUT2D eigenvalue weighted by Crippen LogP contribution is 2.33. The van der Waals surface area contributed by atoms with E-state index in [1.165, 1.54) is 42.5 Å². The van der Waals surface area contributed by atoms with Crippen LogP contribution in [0.25, 0.3) is 4.72 Å². The highest BCUT2D eigenvalue weighted by molar-refractivity contribution is 7.94. The van der Waals surface area contributed by atoms with Gasteiger partial charge in [-0.3, -0.25) is 0 Å². The van der Waals surface area contributed by atoms with Gasteiger partial charge in [-0.05, 0) is 30.3 Å². The summed E-state index contributed by atoms with van der Waals surface area (Å²) < 4.78 is 27.7. The van der Waals surface area contributed by atoms with Gasteiger partial charge in [-0.1, -0.05) is 35.3 Å². The van der Waals surface area contributed by atoms with Gasteiger partial charge in [0, 0.05) is 5.69 Å². The van der Waals surface area contributed by atoms with Gasteiger partial charge in [-0.25, -0.2) is 8.42 Å². The Kier molecular flexibility index (Phi) is 3.89. The van der Waals surface area contributed by atoms with Gasteiger partial charge in [-0.2, -0.15) is 0 Å². The summed E-state index contributed by atoms with van der Waals surface area (Å²) in [5.74, 6) is 0. The normalized spacial score (nSPS) is 11.3. The Bertz CT molecular complexity index is 700. The van der Waals surface area contributed by atoms with Crippen LogP contribution in [0.2, 0.25) is 10.0 Å². The topological polar surface area (TPSA) is 74.3 Å². The first kappa shape index (κ1) is 14.0. The molecular weight excluding hydrogens is 307 g/mol. The molecule has 2 aromatic rings. The molecule has 0 aromatic heterocycles. The molecular formula is C12H9Cl2N2O2S-. The monoisotopic (exact) mass is 315 g/mol. The molecule has 2 aromatic carbocycles. The molecule has 0 aliphatic carbocycles. The van der Waals surface area contributed by atoms with Crippen LogP contribution in [-0.2, 0) is 10.0 Å². The largest absolute Gasteiger partial charge is 0.573 e. The fourth-order valence-electron chi connectivity index (χ4n) is 1.37. The van der Waals surface area contributed by atoms with Gasteiger partial charge < -0.3 is 10.5 Å². The molecule has 7 heteroatoms. The Morgan fingerprint density at radius 1 is 0.947 bits per heavy atom. The fourth-order valence-corrected chi connectivity index (χ4v) is 2.64. The maximum atomic E-state index is 12.0. The number of nitrogens with two attached hydrogens (primary N) is 1. The van der Waals surface area contributed by atoms with E-state index in [0.29, 0.717) is 10.7 Å². The van der Waals surface area contributed by atoms with Gasteiger partial charge in [0.05, 0.1) is 14.9 Å². The van der Waals surface area contributed by atoms with Crippen LogP contribution in [0.3, 0.4) is 0 Å². The molecule has 0 unspecified atom stereocenters. The van der Waals surface area contributed by atoms with E-state index in [1.807, 2.05) is 0 Å². The maximum Gasteiger partial charge on any atom is 0.123 e. The van der Waals surface area contributed by atoms with Crippen molar-refractivity contribution in [1.29, 1.82) is 0 Å². The van der Waals surface area contributed by atoms with Crippen molar-refractivity contribution in [2.24, 2.45) is 0 Å². The molecule has 2 rings (SSSR count). The third kappa shape index (κ3) is 3.32.